The van der Waals surface area contributed by atoms with Gasteiger partial charge in [0.25, 0.3) is 0 Å². The second kappa shape index (κ2) is 6.94. The summed E-state index contributed by atoms with van der Waals surface area (Å²) in [4.78, 5) is 14.4. The van der Waals surface area contributed by atoms with Gasteiger partial charge in [0.2, 0.25) is 11.0 Å². The molecule has 1 aliphatic heterocycles. The largest absolute Gasteiger partial charge is 0.360 e. The maximum absolute atomic E-state index is 12.6. The number of nitrogens with zero attached hydrogens (tertiary/aromatic N) is 3. The van der Waals surface area contributed by atoms with Crippen molar-refractivity contribution in [3.05, 3.63) is 0 Å². The highest BCUT2D eigenvalue weighted by atomic mass is 32.2. The number of aromatic nitrogens is 2. The van der Waals surface area contributed by atoms with E-state index in [1.54, 1.807) is 0 Å². The molecule has 10 heteroatoms. The first kappa shape index (κ1) is 17.0. The van der Waals surface area contributed by atoms with Gasteiger partial charge in [-0.15, -0.1) is 10.2 Å². The van der Waals surface area contributed by atoms with Crippen LogP contribution in [0.3, 0.4) is 0 Å². The van der Waals surface area contributed by atoms with E-state index >= 15 is 0 Å². The van der Waals surface area contributed by atoms with E-state index in [2.05, 4.69) is 15.5 Å². The van der Waals surface area contributed by atoms with E-state index in [0.717, 1.165) is 28.9 Å². The molecule has 7 nitrogen and oxygen atoms in total. The maximum Gasteiger partial charge on any atom is 0.233 e. The first-order chi connectivity index (χ1) is 11.0. The monoisotopic (exact) mass is 376 g/mol. The third kappa shape index (κ3) is 4.36. The van der Waals surface area contributed by atoms with E-state index in [0.29, 0.717) is 6.42 Å². The average molecular weight is 377 g/mol. The van der Waals surface area contributed by atoms with Crippen LogP contribution in [0.2, 0.25) is 0 Å². The Bertz CT molecular complexity index is 672. The van der Waals surface area contributed by atoms with Crippen molar-refractivity contribution < 1.29 is 13.2 Å². The number of sulfone groups is 1. The number of amides is 1. The Balaban J connectivity index is 1.58. The second-order valence-corrected chi connectivity index (χ2v) is 10.2. The van der Waals surface area contributed by atoms with Crippen LogP contribution >= 0.6 is 23.1 Å². The minimum atomic E-state index is -2.98. The molecule has 1 amide bonds. The van der Waals surface area contributed by atoms with Gasteiger partial charge in [-0.1, -0.05) is 23.1 Å². The van der Waals surface area contributed by atoms with E-state index in [1.165, 1.54) is 23.1 Å². The van der Waals surface area contributed by atoms with Crippen molar-refractivity contribution in [2.45, 2.75) is 42.6 Å². The molecule has 0 unspecified atom stereocenters. The zero-order chi connectivity index (χ0) is 16.4. The van der Waals surface area contributed by atoms with Crippen molar-refractivity contribution in [1.82, 2.24) is 15.1 Å². The van der Waals surface area contributed by atoms with Crippen LogP contribution in [-0.4, -0.2) is 65.3 Å². The summed E-state index contributed by atoms with van der Waals surface area (Å²) in [6.07, 6.45) is 2.53. The Kier molecular flexibility index (Phi) is 5.12. The van der Waals surface area contributed by atoms with E-state index in [4.69, 9.17) is 0 Å². The Morgan fingerprint density at radius 2 is 2.13 bits per heavy atom. The number of hydrogen-bond donors (Lipinski definition) is 1. The number of hydrogen-bond acceptors (Lipinski definition) is 8. The SMILES string of the molecule is CCNc1nnc(SCC(=O)N(C2CC2)[C@H]2CCS(=O)(=O)C2)s1. The van der Waals surface area contributed by atoms with E-state index < -0.39 is 9.84 Å². The fraction of sp³-hybridized carbons (Fsp3) is 0.769. The molecule has 2 aliphatic rings. The van der Waals surface area contributed by atoms with Crippen LogP contribution in [0, 0.1) is 0 Å². The van der Waals surface area contributed by atoms with Crippen molar-refractivity contribution in [2.75, 3.05) is 29.1 Å². The zero-order valence-corrected chi connectivity index (χ0v) is 15.3. The smallest absolute Gasteiger partial charge is 0.233 e. The molecule has 0 spiro atoms. The normalized spacial score (nSPS) is 22.9. The first-order valence-corrected chi connectivity index (χ1v) is 11.3. The van der Waals surface area contributed by atoms with Crippen LogP contribution in [0.1, 0.15) is 26.2 Å². The Labute approximate surface area is 144 Å². The molecular formula is C13H20N4O3S3. The summed E-state index contributed by atoms with van der Waals surface area (Å²) in [5.74, 6) is 0.612. The van der Waals surface area contributed by atoms with Crippen molar-refractivity contribution in [3.63, 3.8) is 0 Å². The molecule has 0 bridgehead atoms. The summed E-state index contributed by atoms with van der Waals surface area (Å²) in [5, 5.41) is 11.9. The quantitative estimate of drug-likeness (QED) is 0.716. The van der Waals surface area contributed by atoms with E-state index in [1.807, 2.05) is 11.8 Å². The van der Waals surface area contributed by atoms with E-state index in [9.17, 15) is 13.2 Å². The van der Waals surface area contributed by atoms with Gasteiger partial charge in [-0.2, -0.15) is 0 Å². The lowest BCUT2D eigenvalue weighted by molar-refractivity contribution is -0.130. The molecule has 1 saturated heterocycles. The summed E-state index contributed by atoms with van der Waals surface area (Å²) in [6.45, 7) is 2.77. The highest BCUT2D eigenvalue weighted by Crippen LogP contribution is 2.33. The lowest BCUT2D eigenvalue weighted by Gasteiger charge is -2.28. The van der Waals surface area contributed by atoms with Gasteiger partial charge in [0.1, 0.15) is 0 Å². The molecular weight excluding hydrogens is 356 g/mol. The van der Waals surface area contributed by atoms with Gasteiger partial charge in [-0.25, -0.2) is 8.42 Å². The summed E-state index contributed by atoms with van der Waals surface area (Å²) in [6, 6.07) is 0.0838. The minimum absolute atomic E-state index is 0.0137. The third-order valence-electron chi connectivity index (χ3n) is 3.88. The number of thioether (sulfide) groups is 1. The number of rotatable bonds is 7. The van der Waals surface area contributed by atoms with Crippen LogP contribution < -0.4 is 5.32 Å². The topological polar surface area (TPSA) is 92.3 Å². The van der Waals surface area contributed by atoms with Gasteiger partial charge in [-0.05, 0) is 26.2 Å². The summed E-state index contributed by atoms with van der Waals surface area (Å²) >= 11 is 2.80. The van der Waals surface area contributed by atoms with Crippen LogP contribution in [-0.2, 0) is 14.6 Å². The first-order valence-electron chi connectivity index (χ1n) is 7.70. The summed E-state index contributed by atoms with van der Waals surface area (Å²) < 4.78 is 24.1. The molecule has 23 heavy (non-hydrogen) atoms. The highest BCUT2D eigenvalue weighted by molar-refractivity contribution is 8.01. The van der Waals surface area contributed by atoms with E-state index in [-0.39, 0.29) is 35.2 Å². The average Bonchev–Trinajstić information content (AvgIpc) is 3.11. The predicted molar refractivity (Wildman–Crippen MR) is 91.7 cm³/mol. The van der Waals surface area contributed by atoms with Crippen LogP contribution in [0.5, 0.6) is 0 Å². The molecule has 2 heterocycles. The standard InChI is InChI=1S/C13H20N4O3S3/c1-2-14-12-15-16-13(22-12)21-7-11(18)17(9-3-4-9)10-5-6-23(19,20)8-10/h9-10H,2-8H2,1H3,(H,14,15)/t10-/m0/s1. The molecule has 1 saturated carbocycles. The molecule has 1 N–H and O–H groups in total. The highest BCUT2D eigenvalue weighted by Gasteiger charge is 2.41. The molecule has 1 aromatic heterocycles. The van der Waals surface area contributed by atoms with Crippen molar-refractivity contribution in [2.24, 2.45) is 0 Å². The van der Waals surface area contributed by atoms with Crippen molar-refractivity contribution in [3.8, 4) is 0 Å². The molecule has 1 aromatic rings. The molecule has 0 aromatic carbocycles. The fourth-order valence-electron chi connectivity index (χ4n) is 2.74. The maximum atomic E-state index is 12.6. The van der Waals surface area contributed by atoms with Gasteiger partial charge in [0, 0.05) is 18.6 Å². The van der Waals surface area contributed by atoms with Crippen molar-refractivity contribution in [1.29, 1.82) is 0 Å². The third-order valence-corrected chi connectivity index (χ3v) is 7.63. The van der Waals surface area contributed by atoms with Gasteiger partial charge < -0.3 is 10.2 Å². The molecule has 128 valence electrons. The van der Waals surface area contributed by atoms with Crippen LogP contribution in [0.4, 0.5) is 5.13 Å². The molecule has 1 atom stereocenters. The van der Waals surface area contributed by atoms with Gasteiger partial charge in [-0.3, -0.25) is 4.79 Å². The summed E-state index contributed by atoms with van der Waals surface area (Å²) in [7, 11) is -2.98. The van der Waals surface area contributed by atoms with Gasteiger partial charge >= 0.3 is 0 Å². The number of nitrogens with one attached hydrogen (secondary N) is 1. The second-order valence-electron chi connectivity index (χ2n) is 5.78. The number of anilines is 1. The predicted octanol–water partition coefficient (Wildman–Crippen LogP) is 1.24. The molecule has 0 radical (unpaired) electrons. The Morgan fingerprint density at radius 3 is 2.74 bits per heavy atom. The van der Waals surface area contributed by atoms with Gasteiger partial charge in [0.05, 0.1) is 17.3 Å². The van der Waals surface area contributed by atoms with Crippen LogP contribution in [0.25, 0.3) is 0 Å². The number of carbonyl (C=O) groups excluding carboxylic acids is 1. The number of carbonyl (C=O) groups is 1. The minimum Gasteiger partial charge on any atom is -0.360 e. The molecule has 1 aliphatic carbocycles. The van der Waals surface area contributed by atoms with Gasteiger partial charge in [0.15, 0.2) is 14.2 Å². The zero-order valence-electron chi connectivity index (χ0n) is 12.9. The Hall–Kier alpha value is -0.870. The molecule has 3 rings (SSSR count). The molecule has 2 fully saturated rings. The fourth-order valence-corrected chi connectivity index (χ4v) is 6.14. The van der Waals surface area contributed by atoms with Crippen LogP contribution in [0.15, 0.2) is 4.34 Å². The summed E-state index contributed by atoms with van der Waals surface area (Å²) in [5.41, 5.74) is 0. The lowest BCUT2D eigenvalue weighted by atomic mass is 10.2. The lowest BCUT2D eigenvalue weighted by Crippen LogP contribution is -2.43. The Morgan fingerprint density at radius 1 is 1.35 bits per heavy atom. The van der Waals surface area contributed by atoms with Crippen molar-refractivity contribution >= 4 is 44.0 Å².